The number of hydrogen-bond acceptors (Lipinski definition) is 1. The van der Waals surface area contributed by atoms with Crippen LogP contribution in [0.4, 0.5) is 4.39 Å². The zero-order chi connectivity index (χ0) is 5.11. The van der Waals surface area contributed by atoms with Gasteiger partial charge in [-0.1, -0.05) is 0 Å². The van der Waals surface area contributed by atoms with Crippen molar-refractivity contribution in [3.63, 3.8) is 0 Å². The highest BCUT2D eigenvalue weighted by atomic mass is 35.5. The first-order valence-electron chi connectivity index (χ1n) is 2.51. The second-order valence-electron chi connectivity index (χ2n) is 1.72. The molecule has 0 aliphatic carbocycles. The van der Waals surface area contributed by atoms with Crippen molar-refractivity contribution in [2.45, 2.75) is 18.9 Å². The number of rotatable bonds is 1. The lowest BCUT2D eigenvalue weighted by Crippen LogP contribution is -1.99. The molecule has 1 unspecified atom stereocenters. The lowest BCUT2D eigenvalue weighted by Gasteiger charge is -1.94. The summed E-state index contributed by atoms with van der Waals surface area (Å²) in [5.41, 5.74) is 0. The predicted octanol–water partition coefficient (Wildman–Crippen LogP) is 1.61. The third-order valence-corrected chi connectivity index (χ3v) is 1.12. The van der Waals surface area contributed by atoms with E-state index < -0.39 is 0 Å². The Balaban J connectivity index is 0.000000490. The second-order valence-corrected chi connectivity index (χ2v) is 1.72. The molecule has 0 spiro atoms. The standard InChI is InChI=1S/C5H8FN.ClH/c6-4-5-2-1-3-7-5;/h3,5H,1-2,4H2;1H. The van der Waals surface area contributed by atoms with Crippen LogP contribution in [0.1, 0.15) is 12.8 Å². The van der Waals surface area contributed by atoms with E-state index in [1.54, 1.807) is 6.21 Å². The molecule has 0 bridgehead atoms. The van der Waals surface area contributed by atoms with E-state index in [0.717, 1.165) is 12.8 Å². The Morgan fingerprint density at radius 2 is 2.50 bits per heavy atom. The average molecular weight is 138 g/mol. The molecule has 0 amide bonds. The Labute approximate surface area is 54.4 Å². The van der Waals surface area contributed by atoms with Crippen LogP contribution in [-0.4, -0.2) is 18.9 Å². The monoisotopic (exact) mass is 137 g/mol. The highest BCUT2D eigenvalue weighted by Gasteiger charge is 2.07. The summed E-state index contributed by atoms with van der Waals surface area (Å²) in [6, 6.07) is -0.000000000000000222. The summed E-state index contributed by atoms with van der Waals surface area (Å²) in [4.78, 5) is 3.85. The molecule has 0 aromatic heterocycles. The Hall–Kier alpha value is -0.110. The molecular formula is C5H9ClFN. The quantitative estimate of drug-likeness (QED) is 0.521. The molecule has 0 N–H and O–H groups in total. The fraction of sp³-hybridized carbons (Fsp3) is 0.800. The number of hydrogen-bond donors (Lipinski definition) is 0. The predicted molar refractivity (Wildman–Crippen MR) is 34.7 cm³/mol. The molecule has 1 heterocycles. The zero-order valence-corrected chi connectivity index (χ0v) is 5.33. The normalized spacial score (nSPS) is 25.4. The van der Waals surface area contributed by atoms with Crippen LogP contribution in [0.2, 0.25) is 0 Å². The third kappa shape index (κ3) is 1.78. The maximum Gasteiger partial charge on any atom is 0.112 e. The van der Waals surface area contributed by atoms with Crippen molar-refractivity contribution in [3.8, 4) is 0 Å². The largest absolute Gasteiger partial charge is 0.291 e. The third-order valence-electron chi connectivity index (χ3n) is 1.12. The summed E-state index contributed by atoms with van der Waals surface area (Å²) in [5.74, 6) is 0. The Morgan fingerprint density at radius 3 is 2.75 bits per heavy atom. The van der Waals surface area contributed by atoms with Gasteiger partial charge in [-0.2, -0.15) is 0 Å². The Morgan fingerprint density at radius 1 is 1.75 bits per heavy atom. The summed E-state index contributed by atoms with van der Waals surface area (Å²) in [7, 11) is 0. The molecule has 0 aromatic carbocycles. The zero-order valence-electron chi connectivity index (χ0n) is 4.51. The minimum Gasteiger partial charge on any atom is -0.291 e. The molecule has 1 atom stereocenters. The number of aliphatic imine (C=N–C) groups is 1. The minimum atomic E-state index is -0.281. The topological polar surface area (TPSA) is 12.4 Å². The molecule has 1 rings (SSSR count). The Kier molecular flexibility index (Phi) is 3.79. The molecule has 1 aliphatic rings. The molecule has 3 heteroatoms. The van der Waals surface area contributed by atoms with Gasteiger partial charge in [0.15, 0.2) is 0 Å². The van der Waals surface area contributed by atoms with Crippen LogP contribution >= 0.6 is 12.4 Å². The molecule has 0 radical (unpaired) electrons. The van der Waals surface area contributed by atoms with E-state index in [0.29, 0.717) is 0 Å². The van der Waals surface area contributed by atoms with Crippen LogP contribution in [0.3, 0.4) is 0 Å². The lowest BCUT2D eigenvalue weighted by molar-refractivity contribution is 0.429. The second kappa shape index (κ2) is 3.84. The van der Waals surface area contributed by atoms with Gasteiger partial charge in [-0.15, -0.1) is 12.4 Å². The van der Waals surface area contributed by atoms with E-state index in [1.807, 2.05) is 0 Å². The summed E-state index contributed by atoms with van der Waals surface area (Å²) < 4.78 is 11.6. The van der Waals surface area contributed by atoms with Gasteiger partial charge in [-0.3, -0.25) is 4.99 Å². The van der Waals surface area contributed by atoms with Gasteiger partial charge in [-0.05, 0) is 19.1 Å². The average Bonchev–Trinajstić information content (AvgIpc) is 2.14. The van der Waals surface area contributed by atoms with Crippen molar-refractivity contribution in [2.24, 2.45) is 4.99 Å². The molecule has 0 aromatic rings. The smallest absolute Gasteiger partial charge is 0.112 e. The van der Waals surface area contributed by atoms with Gasteiger partial charge in [-0.25, -0.2) is 4.39 Å². The number of alkyl halides is 1. The summed E-state index contributed by atoms with van der Waals surface area (Å²) in [6.07, 6.45) is 3.68. The molecule has 1 aliphatic heterocycles. The van der Waals surface area contributed by atoms with Gasteiger partial charge in [0.25, 0.3) is 0 Å². The van der Waals surface area contributed by atoms with Crippen LogP contribution < -0.4 is 0 Å². The first kappa shape index (κ1) is 7.89. The van der Waals surface area contributed by atoms with Crippen LogP contribution in [-0.2, 0) is 0 Å². The van der Waals surface area contributed by atoms with E-state index in [4.69, 9.17) is 0 Å². The van der Waals surface area contributed by atoms with Crippen molar-refractivity contribution >= 4 is 18.6 Å². The van der Waals surface area contributed by atoms with E-state index in [9.17, 15) is 4.39 Å². The van der Waals surface area contributed by atoms with E-state index in [2.05, 4.69) is 4.99 Å². The first-order valence-corrected chi connectivity index (χ1v) is 2.51. The minimum absolute atomic E-state index is 0. The van der Waals surface area contributed by atoms with E-state index in [-0.39, 0.29) is 25.1 Å². The summed E-state index contributed by atoms with van der Waals surface area (Å²) in [6.45, 7) is -0.281. The summed E-state index contributed by atoms with van der Waals surface area (Å²) >= 11 is 0. The highest BCUT2D eigenvalue weighted by Crippen LogP contribution is 2.07. The fourth-order valence-electron chi connectivity index (χ4n) is 0.682. The maximum absolute atomic E-state index is 11.6. The van der Waals surface area contributed by atoms with Crippen LogP contribution in [0.15, 0.2) is 4.99 Å². The number of halogens is 2. The Bertz CT molecular complexity index is 84.5. The fourth-order valence-corrected chi connectivity index (χ4v) is 0.682. The number of nitrogens with zero attached hydrogens (tertiary/aromatic N) is 1. The van der Waals surface area contributed by atoms with Gasteiger partial charge in [0.2, 0.25) is 0 Å². The molecule has 0 fully saturated rings. The molecule has 8 heavy (non-hydrogen) atoms. The van der Waals surface area contributed by atoms with Gasteiger partial charge >= 0.3 is 0 Å². The maximum atomic E-state index is 11.6. The highest BCUT2D eigenvalue weighted by molar-refractivity contribution is 5.85. The lowest BCUT2D eigenvalue weighted by atomic mass is 10.2. The molecular weight excluding hydrogens is 129 g/mol. The van der Waals surface area contributed by atoms with Crippen molar-refractivity contribution < 1.29 is 4.39 Å². The van der Waals surface area contributed by atoms with Crippen molar-refractivity contribution in [1.29, 1.82) is 0 Å². The van der Waals surface area contributed by atoms with Crippen LogP contribution in [0.5, 0.6) is 0 Å². The van der Waals surface area contributed by atoms with Crippen molar-refractivity contribution in [3.05, 3.63) is 0 Å². The van der Waals surface area contributed by atoms with Crippen LogP contribution in [0.25, 0.3) is 0 Å². The SMILES string of the molecule is Cl.FCC1CCC=N1. The van der Waals surface area contributed by atoms with Gasteiger partial charge in [0.1, 0.15) is 6.67 Å². The van der Waals surface area contributed by atoms with Crippen LogP contribution in [0, 0.1) is 0 Å². The van der Waals surface area contributed by atoms with E-state index in [1.165, 1.54) is 0 Å². The van der Waals surface area contributed by atoms with Crippen molar-refractivity contribution in [2.75, 3.05) is 6.67 Å². The summed E-state index contributed by atoms with van der Waals surface area (Å²) in [5, 5.41) is 0. The molecule has 48 valence electrons. The van der Waals surface area contributed by atoms with Crippen molar-refractivity contribution in [1.82, 2.24) is 0 Å². The molecule has 0 saturated heterocycles. The molecule has 1 nitrogen and oxygen atoms in total. The van der Waals surface area contributed by atoms with Gasteiger partial charge in [0, 0.05) is 0 Å². The van der Waals surface area contributed by atoms with E-state index >= 15 is 0 Å². The van der Waals surface area contributed by atoms with Gasteiger partial charge in [0.05, 0.1) is 6.04 Å². The molecule has 0 saturated carbocycles. The van der Waals surface area contributed by atoms with Gasteiger partial charge < -0.3 is 0 Å². The first-order chi connectivity index (χ1) is 3.43.